The zero-order chi connectivity index (χ0) is 10.6. The maximum Gasteiger partial charge on any atom is 0.311 e. The molecule has 0 bridgehead atoms. The quantitative estimate of drug-likeness (QED) is 0.701. The molecule has 82 valence electrons. The van der Waals surface area contributed by atoms with E-state index in [1.165, 1.54) is 20.0 Å². The number of hydrogen-bond donors (Lipinski definition) is 1. The Hall–Kier alpha value is -0.570. The van der Waals surface area contributed by atoms with Crippen molar-refractivity contribution in [1.29, 1.82) is 0 Å². The highest BCUT2D eigenvalue weighted by atomic mass is 16.5. The van der Waals surface area contributed by atoms with E-state index < -0.39 is 0 Å². The van der Waals surface area contributed by atoms with E-state index in [9.17, 15) is 4.79 Å². The number of ether oxygens (including phenoxy) is 1. The minimum atomic E-state index is -0.334. The third-order valence-corrected chi connectivity index (χ3v) is 3.02. The molecule has 0 aliphatic carbocycles. The Kier molecular flexibility index (Phi) is 3.93. The van der Waals surface area contributed by atoms with Crippen LogP contribution in [-0.4, -0.2) is 25.7 Å². The average molecular weight is 199 g/mol. The predicted octanol–water partition coefficient (Wildman–Crippen LogP) is 1.72. The number of carbonyl (C=O) groups excluding carboxylic acids is 1. The van der Waals surface area contributed by atoms with Crippen molar-refractivity contribution in [2.45, 2.75) is 45.6 Å². The Balaban J connectivity index is 2.31. The Labute approximate surface area is 86.2 Å². The van der Waals surface area contributed by atoms with Gasteiger partial charge < -0.3 is 10.1 Å². The molecule has 3 heteroatoms. The first-order chi connectivity index (χ1) is 6.56. The average Bonchev–Trinajstić information content (AvgIpc) is 2.66. The van der Waals surface area contributed by atoms with Crippen molar-refractivity contribution in [2.24, 2.45) is 5.41 Å². The van der Waals surface area contributed by atoms with Gasteiger partial charge in [-0.25, -0.2) is 0 Å². The number of esters is 1. The number of hydrogen-bond acceptors (Lipinski definition) is 3. The van der Waals surface area contributed by atoms with Gasteiger partial charge in [0, 0.05) is 6.04 Å². The first-order valence-corrected chi connectivity index (χ1v) is 5.38. The molecule has 0 saturated carbocycles. The maximum absolute atomic E-state index is 11.4. The van der Waals surface area contributed by atoms with Crippen LogP contribution in [-0.2, 0) is 9.53 Å². The molecule has 0 aromatic rings. The molecule has 1 aliphatic rings. The summed E-state index contributed by atoms with van der Waals surface area (Å²) in [6, 6.07) is 0.610. The molecule has 0 amide bonds. The summed E-state index contributed by atoms with van der Waals surface area (Å²) in [6.07, 6.45) is 4.49. The number of carbonyl (C=O) groups is 1. The summed E-state index contributed by atoms with van der Waals surface area (Å²) in [7, 11) is 1.46. The van der Waals surface area contributed by atoms with Crippen LogP contribution >= 0.6 is 0 Å². The molecule has 0 spiro atoms. The van der Waals surface area contributed by atoms with Gasteiger partial charge in [-0.05, 0) is 46.1 Å². The van der Waals surface area contributed by atoms with Crippen molar-refractivity contribution in [3.8, 4) is 0 Å². The van der Waals surface area contributed by atoms with E-state index >= 15 is 0 Å². The van der Waals surface area contributed by atoms with Crippen LogP contribution in [0.15, 0.2) is 0 Å². The maximum atomic E-state index is 11.4. The van der Waals surface area contributed by atoms with Gasteiger partial charge in [0.25, 0.3) is 0 Å². The molecule has 0 aromatic heterocycles. The van der Waals surface area contributed by atoms with Gasteiger partial charge in [-0.2, -0.15) is 0 Å². The van der Waals surface area contributed by atoms with E-state index in [4.69, 9.17) is 4.74 Å². The van der Waals surface area contributed by atoms with Crippen LogP contribution in [0.4, 0.5) is 0 Å². The van der Waals surface area contributed by atoms with Gasteiger partial charge in [0.05, 0.1) is 12.5 Å². The molecule has 0 aromatic carbocycles. The highest BCUT2D eigenvalue weighted by Gasteiger charge is 2.29. The highest BCUT2D eigenvalue weighted by Crippen LogP contribution is 2.26. The highest BCUT2D eigenvalue weighted by molar-refractivity contribution is 5.75. The Morgan fingerprint density at radius 3 is 2.79 bits per heavy atom. The first kappa shape index (κ1) is 11.5. The van der Waals surface area contributed by atoms with Crippen LogP contribution in [0.5, 0.6) is 0 Å². The summed E-state index contributed by atoms with van der Waals surface area (Å²) in [5, 5.41) is 3.43. The molecule has 1 aliphatic heterocycles. The van der Waals surface area contributed by atoms with Crippen LogP contribution < -0.4 is 5.32 Å². The smallest absolute Gasteiger partial charge is 0.311 e. The summed E-state index contributed by atoms with van der Waals surface area (Å²) in [5.41, 5.74) is -0.334. The monoisotopic (exact) mass is 199 g/mol. The van der Waals surface area contributed by atoms with Crippen molar-refractivity contribution in [3.63, 3.8) is 0 Å². The lowest BCUT2D eigenvalue weighted by molar-refractivity contribution is -0.151. The lowest BCUT2D eigenvalue weighted by atomic mass is 9.86. The van der Waals surface area contributed by atoms with E-state index in [-0.39, 0.29) is 11.4 Å². The van der Waals surface area contributed by atoms with Crippen LogP contribution in [0.3, 0.4) is 0 Å². The SMILES string of the molecule is COC(=O)C(C)(C)CCC1CCCN1. The zero-order valence-electron chi connectivity index (χ0n) is 9.43. The number of rotatable bonds is 4. The second kappa shape index (κ2) is 4.78. The molecule has 1 unspecified atom stereocenters. The second-order valence-electron chi connectivity index (χ2n) is 4.71. The summed E-state index contributed by atoms with van der Waals surface area (Å²) in [6.45, 7) is 5.03. The Morgan fingerprint density at radius 2 is 2.29 bits per heavy atom. The molecular weight excluding hydrogens is 178 g/mol. The van der Waals surface area contributed by atoms with Crippen molar-refractivity contribution in [2.75, 3.05) is 13.7 Å². The second-order valence-corrected chi connectivity index (χ2v) is 4.71. The predicted molar refractivity (Wildman–Crippen MR) is 56.1 cm³/mol. The van der Waals surface area contributed by atoms with Crippen molar-refractivity contribution in [3.05, 3.63) is 0 Å². The summed E-state index contributed by atoms with van der Waals surface area (Å²) in [4.78, 5) is 11.4. The molecule has 1 N–H and O–H groups in total. The topological polar surface area (TPSA) is 38.3 Å². The van der Waals surface area contributed by atoms with Gasteiger partial charge in [-0.15, -0.1) is 0 Å². The fourth-order valence-electron chi connectivity index (χ4n) is 1.92. The molecule has 1 atom stereocenters. The standard InChI is InChI=1S/C11H21NO2/c1-11(2,10(13)14-3)7-6-9-5-4-8-12-9/h9,12H,4-8H2,1-3H3. The minimum absolute atomic E-state index is 0.101. The van der Waals surface area contributed by atoms with E-state index in [2.05, 4.69) is 5.32 Å². The molecule has 14 heavy (non-hydrogen) atoms. The van der Waals surface area contributed by atoms with Crippen molar-refractivity contribution < 1.29 is 9.53 Å². The van der Waals surface area contributed by atoms with Gasteiger partial charge in [-0.3, -0.25) is 4.79 Å². The Bertz CT molecular complexity index is 195. The molecular formula is C11H21NO2. The first-order valence-electron chi connectivity index (χ1n) is 5.38. The fourth-order valence-corrected chi connectivity index (χ4v) is 1.92. The Morgan fingerprint density at radius 1 is 1.57 bits per heavy atom. The molecule has 1 heterocycles. The number of methoxy groups -OCH3 is 1. The third kappa shape index (κ3) is 2.98. The largest absolute Gasteiger partial charge is 0.469 e. The molecule has 1 rings (SSSR count). The van der Waals surface area contributed by atoms with Crippen molar-refractivity contribution >= 4 is 5.97 Å². The molecule has 3 nitrogen and oxygen atoms in total. The van der Waals surface area contributed by atoms with Crippen LogP contribution in [0, 0.1) is 5.41 Å². The lowest BCUT2D eigenvalue weighted by Crippen LogP contribution is -2.29. The van der Waals surface area contributed by atoms with Gasteiger partial charge in [0.15, 0.2) is 0 Å². The van der Waals surface area contributed by atoms with Gasteiger partial charge in [-0.1, -0.05) is 0 Å². The van der Waals surface area contributed by atoms with Crippen LogP contribution in [0.1, 0.15) is 39.5 Å². The van der Waals surface area contributed by atoms with Crippen LogP contribution in [0.2, 0.25) is 0 Å². The van der Waals surface area contributed by atoms with Gasteiger partial charge >= 0.3 is 5.97 Å². The molecule has 0 radical (unpaired) electrons. The van der Waals surface area contributed by atoms with E-state index in [0.717, 1.165) is 19.4 Å². The van der Waals surface area contributed by atoms with E-state index in [1.807, 2.05) is 13.8 Å². The van der Waals surface area contributed by atoms with Gasteiger partial charge in [0.2, 0.25) is 0 Å². The van der Waals surface area contributed by atoms with E-state index in [0.29, 0.717) is 6.04 Å². The van der Waals surface area contributed by atoms with Crippen LogP contribution in [0.25, 0.3) is 0 Å². The normalized spacial score (nSPS) is 22.4. The number of nitrogens with one attached hydrogen (secondary N) is 1. The van der Waals surface area contributed by atoms with Crippen molar-refractivity contribution in [1.82, 2.24) is 5.32 Å². The zero-order valence-corrected chi connectivity index (χ0v) is 9.43. The molecule has 1 fully saturated rings. The van der Waals surface area contributed by atoms with Gasteiger partial charge in [0.1, 0.15) is 0 Å². The summed E-state index contributed by atoms with van der Waals surface area (Å²) >= 11 is 0. The summed E-state index contributed by atoms with van der Waals surface area (Å²) in [5.74, 6) is -0.101. The minimum Gasteiger partial charge on any atom is -0.469 e. The molecule has 1 saturated heterocycles. The third-order valence-electron chi connectivity index (χ3n) is 3.02. The summed E-state index contributed by atoms with van der Waals surface area (Å²) < 4.78 is 4.77. The lowest BCUT2D eigenvalue weighted by Gasteiger charge is -2.23. The fraction of sp³-hybridized carbons (Fsp3) is 0.909. The van der Waals surface area contributed by atoms with E-state index in [1.54, 1.807) is 0 Å².